The Balaban J connectivity index is 1.45. The smallest absolute Gasteiger partial charge is 0.365 e. The van der Waals surface area contributed by atoms with Crippen molar-refractivity contribution in [3.8, 4) is 11.5 Å². The van der Waals surface area contributed by atoms with Crippen LogP contribution >= 0.6 is 0 Å². The molecule has 0 atom stereocenters. The first kappa shape index (κ1) is 18.6. The van der Waals surface area contributed by atoms with Crippen molar-refractivity contribution in [1.82, 2.24) is 15.5 Å². The third-order valence-electron chi connectivity index (χ3n) is 3.92. The number of aryl methyl sites for hydroxylation is 1. The van der Waals surface area contributed by atoms with Crippen LogP contribution in [-0.4, -0.2) is 27.9 Å². The Kier molecular flexibility index (Phi) is 6.19. The van der Waals surface area contributed by atoms with E-state index in [1.807, 2.05) is 67.6 Å². The normalized spacial score (nSPS) is 10.6. The zero-order valence-electron chi connectivity index (χ0n) is 15.0. The molecule has 27 heavy (non-hydrogen) atoms. The van der Waals surface area contributed by atoms with Gasteiger partial charge in [-0.1, -0.05) is 48.5 Å². The van der Waals surface area contributed by atoms with Crippen LogP contribution < -0.4 is 5.48 Å². The zero-order chi connectivity index (χ0) is 19.1. The number of hydrogen-bond acceptors (Lipinski definition) is 5. The number of aromatic nitrogens is 1. The summed E-state index contributed by atoms with van der Waals surface area (Å²) in [7, 11) is 0. The molecule has 2 amide bonds. The Bertz CT molecular complexity index is 865. The summed E-state index contributed by atoms with van der Waals surface area (Å²) in [6.07, 6.45) is 0.465. The van der Waals surface area contributed by atoms with Gasteiger partial charge in [0.25, 0.3) is 0 Å². The van der Waals surface area contributed by atoms with E-state index in [1.54, 1.807) is 0 Å². The highest BCUT2D eigenvalue weighted by Gasteiger charge is 2.13. The minimum absolute atomic E-state index is 0.0683. The minimum atomic E-state index is -0.735. The van der Waals surface area contributed by atoms with Crippen molar-refractivity contribution in [2.45, 2.75) is 19.9 Å². The molecule has 0 fully saturated rings. The molecule has 7 nitrogen and oxygen atoms in total. The van der Waals surface area contributed by atoms with Gasteiger partial charge in [0.15, 0.2) is 0 Å². The fourth-order valence-electron chi connectivity index (χ4n) is 2.51. The molecule has 0 radical (unpaired) electrons. The summed E-state index contributed by atoms with van der Waals surface area (Å²) >= 11 is 0. The van der Waals surface area contributed by atoms with Gasteiger partial charge in [0.05, 0.1) is 18.8 Å². The fourth-order valence-corrected chi connectivity index (χ4v) is 2.51. The summed E-state index contributed by atoms with van der Waals surface area (Å²) < 4.78 is 5.68. The molecule has 1 heterocycles. The maximum atomic E-state index is 11.8. The first-order valence-corrected chi connectivity index (χ1v) is 8.57. The highest BCUT2D eigenvalue weighted by atomic mass is 16.7. The van der Waals surface area contributed by atoms with Gasteiger partial charge in [-0.05, 0) is 24.6 Å². The van der Waals surface area contributed by atoms with Gasteiger partial charge in [0.2, 0.25) is 5.89 Å². The van der Waals surface area contributed by atoms with E-state index in [0.717, 1.165) is 16.8 Å². The molecule has 7 heteroatoms. The lowest BCUT2D eigenvalue weighted by Crippen LogP contribution is -2.37. The lowest BCUT2D eigenvalue weighted by atomic mass is 10.2. The van der Waals surface area contributed by atoms with Crippen LogP contribution in [0.1, 0.15) is 17.0 Å². The van der Waals surface area contributed by atoms with Crippen LogP contribution in [0.2, 0.25) is 0 Å². The van der Waals surface area contributed by atoms with Crippen LogP contribution in [0.15, 0.2) is 65.1 Å². The number of urea groups is 1. The summed E-state index contributed by atoms with van der Waals surface area (Å²) in [5, 5.41) is 10.3. The fraction of sp³-hybridized carbons (Fsp3) is 0.200. The number of rotatable bonds is 7. The van der Waals surface area contributed by atoms with Gasteiger partial charge in [-0.3, -0.25) is 10.0 Å². The molecule has 0 saturated heterocycles. The van der Waals surface area contributed by atoms with E-state index in [4.69, 9.17) is 9.25 Å². The van der Waals surface area contributed by atoms with Gasteiger partial charge >= 0.3 is 6.03 Å². The summed E-state index contributed by atoms with van der Waals surface area (Å²) in [4.78, 5) is 21.4. The summed E-state index contributed by atoms with van der Waals surface area (Å²) in [6, 6.07) is 18.0. The molecule has 0 unspecified atom stereocenters. The predicted octanol–water partition coefficient (Wildman–Crippen LogP) is 3.73. The third-order valence-corrected chi connectivity index (χ3v) is 3.92. The number of oxazole rings is 1. The average molecular weight is 367 g/mol. The van der Waals surface area contributed by atoms with Crippen LogP contribution in [0.25, 0.3) is 11.5 Å². The van der Waals surface area contributed by atoms with Crippen molar-refractivity contribution in [2.75, 3.05) is 6.61 Å². The monoisotopic (exact) mass is 367 g/mol. The van der Waals surface area contributed by atoms with Gasteiger partial charge in [-0.2, -0.15) is 5.06 Å². The molecule has 1 aromatic heterocycles. The lowest BCUT2D eigenvalue weighted by molar-refractivity contribution is -0.0713. The number of hydrogen-bond donors (Lipinski definition) is 2. The second kappa shape index (κ2) is 8.98. The number of carbonyl (C=O) groups is 1. The molecule has 2 N–H and O–H groups in total. The molecule has 0 bridgehead atoms. The molecular formula is C20H21N3O4. The first-order valence-electron chi connectivity index (χ1n) is 8.57. The molecule has 0 aliphatic rings. The number of nitrogens with zero attached hydrogens (tertiary/aromatic N) is 2. The summed E-state index contributed by atoms with van der Waals surface area (Å²) in [5.74, 6) is 1.26. The Morgan fingerprint density at radius 1 is 1.15 bits per heavy atom. The van der Waals surface area contributed by atoms with E-state index in [0.29, 0.717) is 23.1 Å². The lowest BCUT2D eigenvalue weighted by Gasteiger charge is -2.15. The Labute approximate surface area is 157 Å². The molecule has 0 aliphatic carbocycles. The second-order valence-corrected chi connectivity index (χ2v) is 5.94. The maximum Gasteiger partial charge on any atom is 0.365 e. The number of carbonyl (C=O) groups excluding carboxylic acids is 1. The van der Waals surface area contributed by atoms with Crippen molar-refractivity contribution in [3.05, 3.63) is 77.7 Å². The van der Waals surface area contributed by atoms with E-state index in [9.17, 15) is 10.0 Å². The van der Waals surface area contributed by atoms with Crippen LogP contribution in [0.3, 0.4) is 0 Å². The van der Waals surface area contributed by atoms with E-state index in [-0.39, 0.29) is 13.2 Å². The van der Waals surface area contributed by atoms with Gasteiger partial charge in [0.1, 0.15) is 5.76 Å². The predicted molar refractivity (Wildman–Crippen MR) is 98.6 cm³/mol. The maximum absolute atomic E-state index is 11.8. The van der Waals surface area contributed by atoms with Crippen molar-refractivity contribution >= 4 is 6.03 Å². The molecule has 0 spiro atoms. The highest BCUT2D eigenvalue weighted by molar-refractivity contribution is 5.71. The minimum Gasteiger partial charge on any atom is -0.441 e. The quantitative estimate of drug-likeness (QED) is 0.377. The summed E-state index contributed by atoms with van der Waals surface area (Å²) in [6.45, 7) is 2.11. The van der Waals surface area contributed by atoms with Gasteiger partial charge in [-0.25, -0.2) is 15.3 Å². The van der Waals surface area contributed by atoms with Crippen LogP contribution in [0.4, 0.5) is 4.79 Å². The molecule has 3 rings (SSSR count). The van der Waals surface area contributed by atoms with Crippen molar-refractivity contribution < 1.29 is 19.3 Å². The van der Waals surface area contributed by atoms with Crippen LogP contribution in [0.5, 0.6) is 0 Å². The Morgan fingerprint density at radius 3 is 2.52 bits per heavy atom. The van der Waals surface area contributed by atoms with E-state index >= 15 is 0 Å². The Hall–Kier alpha value is -3.16. The zero-order valence-corrected chi connectivity index (χ0v) is 15.0. The molecule has 0 saturated carbocycles. The first-order chi connectivity index (χ1) is 13.1. The summed E-state index contributed by atoms with van der Waals surface area (Å²) in [5.41, 5.74) is 4.68. The van der Waals surface area contributed by atoms with Crippen molar-refractivity contribution in [1.29, 1.82) is 0 Å². The number of benzene rings is 2. The van der Waals surface area contributed by atoms with Gasteiger partial charge in [-0.15, -0.1) is 0 Å². The van der Waals surface area contributed by atoms with Gasteiger partial charge < -0.3 is 4.42 Å². The van der Waals surface area contributed by atoms with E-state index in [1.165, 1.54) is 0 Å². The van der Waals surface area contributed by atoms with E-state index in [2.05, 4.69) is 10.5 Å². The highest BCUT2D eigenvalue weighted by Crippen LogP contribution is 2.21. The number of nitrogens with one attached hydrogen (secondary N) is 1. The molecule has 140 valence electrons. The largest absolute Gasteiger partial charge is 0.441 e. The van der Waals surface area contributed by atoms with Crippen LogP contribution in [-0.2, 0) is 17.8 Å². The Morgan fingerprint density at radius 2 is 1.81 bits per heavy atom. The standard InChI is InChI=1S/C20H21N3O4/c1-15-18(21-19(27-15)17-10-6-3-7-11-17)12-13-26-22-20(24)23(25)14-16-8-4-2-5-9-16/h2-11,25H,12-14H2,1H3,(H,22,24). The SMILES string of the molecule is Cc1oc(-c2ccccc2)nc1CCONC(=O)N(O)Cc1ccccc1. The second-order valence-electron chi connectivity index (χ2n) is 5.94. The topological polar surface area (TPSA) is 87.8 Å². The molecule has 3 aromatic rings. The van der Waals surface area contributed by atoms with Crippen molar-refractivity contribution in [3.63, 3.8) is 0 Å². The number of amides is 2. The molecule has 2 aromatic carbocycles. The van der Waals surface area contributed by atoms with Gasteiger partial charge in [0, 0.05) is 12.0 Å². The third kappa shape index (κ3) is 5.16. The van der Waals surface area contributed by atoms with Crippen LogP contribution in [0, 0.1) is 6.92 Å². The number of hydroxylamine groups is 3. The molecule has 0 aliphatic heterocycles. The van der Waals surface area contributed by atoms with E-state index < -0.39 is 6.03 Å². The molecular weight excluding hydrogens is 346 g/mol. The van der Waals surface area contributed by atoms with Crippen molar-refractivity contribution in [2.24, 2.45) is 0 Å². The average Bonchev–Trinajstić information content (AvgIpc) is 3.07.